The molecule has 2 aromatic rings. The van der Waals surface area contributed by atoms with E-state index >= 15 is 0 Å². The van der Waals surface area contributed by atoms with E-state index in [-0.39, 0.29) is 0 Å². The van der Waals surface area contributed by atoms with Crippen LogP contribution in [0.3, 0.4) is 0 Å². The number of anilines is 1. The van der Waals surface area contributed by atoms with Crippen LogP contribution in [0.15, 0.2) is 42.7 Å². The smallest absolute Gasteiger partial charge is 0.260 e. The molecule has 0 spiro atoms. The molecule has 20 heavy (non-hydrogen) atoms. The molecule has 0 unspecified atom stereocenters. The summed E-state index contributed by atoms with van der Waals surface area (Å²) in [6, 6.07) is 9.09. The minimum Gasteiger partial charge on any atom is -0.340 e. The van der Waals surface area contributed by atoms with Crippen molar-refractivity contribution in [3.8, 4) is 0 Å². The molecule has 3 nitrogen and oxygen atoms in total. The van der Waals surface area contributed by atoms with E-state index in [1.54, 1.807) is 18.3 Å². The molecule has 1 aromatic carbocycles. The second-order valence-corrected chi connectivity index (χ2v) is 5.54. The van der Waals surface area contributed by atoms with E-state index in [0.29, 0.717) is 6.54 Å². The first-order valence-electron chi connectivity index (χ1n) is 6.87. The maximum absolute atomic E-state index is 14.0. The van der Waals surface area contributed by atoms with Crippen LogP contribution in [0.2, 0.25) is 0 Å². The molecule has 0 bridgehead atoms. The SMILES string of the molecule is FC1(F)[C@@H](CN2CCn3ccnc32)[C@@H]1c1ccccc1. The number of hydrogen-bond acceptors (Lipinski definition) is 2. The summed E-state index contributed by atoms with van der Waals surface area (Å²) in [6.07, 6.45) is 3.62. The van der Waals surface area contributed by atoms with Gasteiger partial charge >= 0.3 is 0 Å². The van der Waals surface area contributed by atoms with E-state index in [1.165, 1.54) is 0 Å². The van der Waals surface area contributed by atoms with E-state index in [9.17, 15) is 8.78 Å². The lowest BCUT2D eigenvalue weighted by Crippen LogP contribution is -2.25. The van der Waals surface area contributed by atoms with Gasteiger partial charge in [0.05, 0.1) is 11.8 Å². The fourth-order valence-corrected chi connectivity index (χ4v) is 3.23. The molecule has 5 heteroatoms. The van der Waals surface area contributed by atoms with Crippen LogP contribution in [0, 0.1) is 5.92 Å². The topological polar surface area (TPSA) is 21.1 Å². The Hall–Kier alpha value is -1.91. The Labute approximate surface area is 115 Å². The number of imidazole rings is 1. The molecule has 1 fully saturated rings. The number of alkyl halides is 2. The highest BCUT2D eigenvalue weighted by Gasteiger charge is 2.68. The van der Waals surface area contributed by atoms with Gasteiger partial charge in [0.25, 0.3) is 5.92 Å². The maximum Gasteiger partial charge on any atom is 0.260 e. The lowest BCUT2D eigenvalue weighted by atomic mass is 10.1. The highest BCUT2D eigenvalue weighted by Crippen LogP contribution is 2.61. The summed E-state index contributed by atoms with van der Waals surface area (Å²) >= 11 is 0. The molecule has 0 amide bonds. The summed E-state index contributed by atoms with van der Waals surface area (Å²) in [5.41, 5.74) is 0.741. The Morgan fingerprint density at radius 2 is 2.00 bits per heavy atom. The highest BCUT2D eigenvalue weighted by atomic mass is 19.3. The molecule has 4 rings (SSSR count). The molecule has 104 valence electrons. The van der Waals surface area contributed by atoms with Gasteiger partial charge < -0.3 is 9.47 Å². The average molecular weight is 275 g/mol. The summed E-state index contributed by atoms with van der Waals surface area (Å²) in [7, 11) is 0. The average Bonchev–Trinajstić information content (AvgIpc) is 2.82. The Morgan fingerprint density at radius 3 is 2.80 bits per heavy atom. The third-order valence-corrected chi connectivity index (χ3v) is 4.37. The van der Waals surface area contributed by atoms with Crippen molar-refractivity contribution in [2.75, 3.05) is 18.0 Å². The second-order valence-electron chi connectivity index (χ2n) is 5.54. The number of rotatable bonds is 3. The van der Waals surface area contributed by atoms with Crippen molar-refractivity contribution in [3.63, 3.8) is 0 Å². The Balaban J connectivity index is 1.53. The molecule has 0 radical (unpaired) electrons. The lowest BCUT2D eigenvalue weighted by molar-refractivity contribution is 0.0943. The van der Waals surface area contributed by atoms with E-state index in [4.69, 9.17) is 0 Å². The number of halogens is 2. The molecule has 2 aliphatic rings. The van der Waals surface area contributed by atoms with Crippen molar-refractivity contribution >= 4 is 5.95 Å². The molecular weight excluding hydrogens is 260 g/mol. The quantitative estimate of drug-likeness (QED) is 0.859. The van der Waals surface area contributed by atoms with E-state index in [1.807, 2.05) is 33.9 Å². The van der Waals surface area contributed by atoms with Crippen molar-refractivity contribution in [3.05, 3.63) is 48.3 Å². The predicted molar refractivity (Wildman–Crippen MR) is 72.1 cm³/mol. The Kier molecular flexibility index (Phi) is 2.40. The van der Waals surface area contributed by atoms with Gasteiger partial charge in [-0.2, -0.15) is 0 Å². The van der Waals surface area contributed by atoms with Gasteiger partial charge in [-0.3, -0.25) is 0 Å². The van der Waals surface area contributed by atoms with E-state index in [2.05, 4.69) is 4.98 Å². The molecule has 1 saturated carbocycles. The normalized spacial score (nSPS) is 26.6. The number of nitrogens with zero attached hydrogens (tertiary/aromatic N) is 3. The Bertz CT molecular complexity index is 623. The molecule has 1 aromatic heterocycles. The monoisotopic (exact) mass is 275 g/mol. The number of fused-ring (bicyclic) bond motifs is 1. The van der Waals surface area contributed by atoms with Crippen molar-refractivity contribution in [1.82, 2.24) is 9.55 Å². The number of aromatic nitrogens is 2. The van der Waals surface area contributed by atoms with Gasteiger partial charge in [-0.05, 0) is 5.56 Å². The van der Waals surface area contributed by atoms with Crippen LogP contribution >= 0.6 is 0 Å². The van der Waals surface area contributed by atoms with E-state index in [0.717, 1.165) is 24.6 Å². The maximum atomic E-state index is 14.0. The van der Waals surface area contributed by atoms with Gasteiger partial charge in [0.1, 0.15) is 0 Å². The van der Waals surface area contributed by atoms with Crippen LogP contribution in [0.4, 0.5) is 14.7 Å². The van der Waals surface area contributed by atoms with Gasteiger partial charge in [-0.15, -0.1) is 0 Å². The van der Waals surface area contributed by atoms with E-state index < -0.39 is 17.8 Å². The highest BCUT2D eigenvalue weighted by molar-refractivity contribution is 5.39. The molecular formula is C15H15F2N3. The van der Waals surface area contributed by atoms with Crippen LogP contribution in [0.25, 0.3) is 0 Å². The lowest BCUT2D eigenvalue weighted by Gasteiger charge is -2.15. The number of hydrogen-bond donors (Lipinski definition) is 0. The van der Waals surface area contributed by atoms with Crippen LogP contribution in [0.5, 0.6) is 0 Å². The predicted octanol–water partition coefficient (Wildman–Crippen LogP) is 2.75. The third kappa shape index (κ3) is 1.65. The van der Waals surface area contributed by atoms with Gasteiger partial charge in [0.2, 0.25) is 5.95 Å². The molecule has 2 atom stereocenters. The van der Waals surface area contributed by atoms with Crippen LogP contribution in [-0.2, 0) is 6.54 Å². The van der Waals surface area contributed by atoms with Gasteiger partial charge in [-0.1, -0.05) is 30.3 Å². The fourth-order valence-electron chi connectivity index (χ4n) is 3.23. The molecule has 0 N–H and O–H groups in total. The summed E-state index contributed by atoms with van der Waals surface area (Å²) in [4.78, 5) is 6.22. The zero-order chi connectivity index (χ0) is 13.7. The van der Waals surface area contributed by atoms with Crippen molar-refractivity contribution in [2.45, 2.75) is 18.4 Å². The largest absolute Gasteiger partial charge is 0.340 e. The van der Waals surface area contributed by atoms with Gasteiger partial charge in [0, 0.05) is 32.0 Å². The summed E-state index contributed by atoms with van der Waals surface area (Å²) in [5, 5.41) is 0. The fraction of sp³-hybridized carbons (Fsp3) is 0.400. The molecule has 1 aliphatic heterocycles. The Morgan fingerprint density at radius 1 is 1.20 bits per heavy atom. The van der Waals surface area contributed by atoms with Crippen molar-refractivity contribution in [2.24, 2.45) is 5.92 Å². The van der Waals surface area contributed by atoms with Gasteiger partial charge in [0.15, 0.2) is 0 Å². The van der Waals surface area contributed by atoms with Gasteiger partial charge in [-0.25, -0.2) is 13.8 Å². The first-order chi connectivity index (χ1) is 9.68. The molecule has 1 aliphatic carbocycles. The van der Waals surface area contributed by atoms with Crippen molar-refractivity contribution < 1.29 is 8.78 Å². The zero-order valence-electron chi connectivity index (χ0n) is 10.9. The summed E-state index contributed by atoms with van der Waals surface area (Å²) in [5.74, 6) is -3.03. The van der Waals surface area contributed by atoms with Crippen LogP contribution in [0.1, 0.15) is 11.5 Å². The minimum atomic E-state index is -2.60. The van der Waals surface area contributed by atoms with Crippen LogP contribution < -0.4 is 4.90 Å². The third-order valence-electron chi connectivity index (χ3n) is 4.37. The van der Waals surface area contributed by atoms with Crippen molar-refractivity contribution in [1.29, 1.82) is 0 Å². The summed E-state index contributed by atoms with van der Waals surface area (Å²) < 4.78 is 30.1. The minimum absolute atomic E-state index is 0.379. The standard InChI is InChI=1S/C15H15F2N3/c16-15(17)12(13(15)11-4-2-1-3-5-11)10-20-9-8-19-7-6-18-14(19)20/h1-7,12-13H,8-10H2/t12-,13-/m0/s1. The first kappa shape index (κ1) is 11.9. The first-order valence-corrected chi connectivity index (χ1v) is 6.87. The summed E-state index contributed by atoms with van der Waals surface area (Å²) in [6.45, 7) is 1.99. The number of benzene rings is 1. The van der Waals surface area contributed by atoms with Crippen LogP contribution in [-0.4, -0.2) is 28.6 Å². The zero-order valence-corrected chi connectivity index (χ0v) is 10.9. The molecule has 0 saturated heterocycles. The second kappa shape index (κ2) is 4.04. The molecule has 2 heterocycles.